The molecule has 2 aliphatic heterocycles. The molecule has 170 valence electrons. The molecule has 0 spiro atoms. The molecule has 2 N–H and O–H groups in total. The second-order valence-corrected chi connectivity index (χ2v) is 8.76. The average Bonchev–Trinajstić information content (AvgIpc) is 3.47. The number of hydrogen-bond acceptors (Lipinski definition) is 6. The monoisotopic (exact) mass is 555 g/mol. The van der Waals surface area contributed by atoms with Gasteiger partial charge >= 0.3 is 0 Å². The van der Waals surface area contributed by atoms with Crippen LogP contribution in [0, 0.1) is 0 Å². The number of piperidine rings is 1. The van der Waals surface area contributed by atoms with Crippen LogP contribution in [0.25, 0.3) is 0 Å². The van der Waals surface area contributed by atoms with E-state index in [4.69, 9.17) is 9.98 Å². The summed E-state index contributed by atoms with van der Waals surface area (Å²) in [5, 5.41) is 10.4. The fourth-order valence-electron chi connectivity index (χ4n) is 4.05. The van der Waals surface area contributed by atoms with Crippen molar-refractivity contribution in [1.82, 2.24) is 20.6 Å². The van der Waals surface area contributed by atoms with Crippen molar-refractivity contribution in [2.24, 2.45) is 4.99 Å². The van der Waals surface area contributed by atoms with E-state index in [2.05, 4.69) is 49.9 Å². The predicted octanol–water partition coefficient (Wildman–Crippen LogP) is 3.52. The number of hydrogen-bond donors (Lipinski definition) is 2. The van der Waals surface area contributed by atoms with Crippen molar-refractivity contribution in [2.45, 2.75) is 45.1 Å². The quantitative estimate of drug-likeness (QED) is 0.310. The summed E-state index contributed by atoms with van der Waals surface area (Å²) in [7, 11) is 0. The molecule has 0 radical (unpaired) electrons. The van der Waals surface area contributed by atoms with Crippen LogP contribution in [-0.4, -0.2) is 61.2 Å². The lowest BCUT2D eigenvalue weighted by Gasteiger charge is -2.33. The molecular formula is C22H34IN7S. The Morgan fingerprint density at radius 3 is 2.68 bits per heavy atom. The van der Waals surface area contributed by atoms with Crippen LogP contribution < -0.4 is 20.4 Å². The van der Waals surface area contributed by atoms with Crippen LogP contribution in [0.3, 0.4) is 0 Å². The van der Waals surface area contributed by atoms with Crippen molar-refractivity contribution >= 4 is 52.2 Å². The molecule has 9 heteroatoms. The Hall–Kier alpha value is -1.62. The minimum Gasteiger partial charge on any atom is -0.357 e. The van der Waals surface area contributed by atoms with E-state index in [0.717, 1.165) is 76.0 Å². The van der Waals surface area contributed by atoms with Crippen LogP contribution in [0.15, 0.2) is 34.8 Å². The molecule has 2 aromatic heterocycles. The first kappa shape index (κ1) is 24.0. The van der Waals surface area contributed by atoms with Crippen molar-refractivity contribution in [3.05, 3.63) is 35.5 Å². The maximum absolute atomic E-state index is 4.81. The van der Waals surface area contributed by atoms with Gasteiger partial charge in [0.1, 0.15) is 5.82 Å². The Kier molecular flexibility index (Phi) is 9.63. The molecule has 0 aromatic carbocycles. The fraction of sp³-hybridized carbons (Fsp3) is 0.591. The van der Waals surface area contributed by atoms with Gasteiger partial charge in [0.2, 0.25) is 0 Å². The molecule has 2 saturated heterocycles. The number of anilines is 2. The van der Waals surface area contributed by atoms with Gasteiger partial charge in [-0.25, -0.2) is 9.97 Å². The Labute approximate surface area is 206 Å². The number of nitrogens with zero attached hydrogens (tertiary/aromatic N) is 5. The minimum atomic E-state index is 0. The zero-order chi connectivity index (χ0) is 20.6. The van der Waals surface area contributed by atoms with Gasteiger partial charge in [-0.1, -0.05) is 6.07 Å². The number of rotatable bonds is 7. The number of thiazole rings is 1. The van der Waals surface area contributed by atoms with Crippen LogP contribution in [-0.2, 0) is 6.42 Å². The molecule has 2 aliphatic rings. The first-order valence-corrected chi connectivity index (χ1v) is 12.1. The van der Waals surface area contributed by atoms with E-state index in [0.29, 0.717) is 6.04 Å². The topological polar surface area (TPSA) is 68.7 Å². The molecule has 0 aliphatic carbocycles. The Morgan fingerprint density at radius 2 is 1.97 bits per heavy atom. The van der Waals surface area contributed by atoms with Gasteiger partial charge in [0.05, 0.1) is 5.69 Å². The highest BCUT2D eigenvalue weighted by atomic mass is 127. The molecule has 31 heavy (non-hydrogen) atoms. The van der Waals surface area contributed by atoms with Crippen LogP contribution in [0.2, 0.25) is 0 Å². The summed E-state index contributed by atoms with van der Waals surface area (Å²) in [6, 6.07) is 6.56. The number of aliphatic imine (C=N–C) groups is 1. The molecule has 7 nitrogen and oxygen atoms in total. The van der Waals surface area contributed by atoms with Gasteiger partial charge in [0.25, 0.3) is 0 Å². The number of nitrogens with one attached hydrogen (secondary N) is 2. The number of pyridine rings is 1. The fourth-order valence-corrected chi connectivity index (χ4v) is 4.97. The van der Waals surface area contributed by atoms with Crippen LogP contribution in [0.1, 0.15) is 38.3 Å². The summed E-state index contributed by atoms with van der Waals surface area (Å²) in [5.41, 5.74) is 1.16. The highest BCUT2D eigenvalue weighted by Crippen LogP contribution is 2.24. The van der Waals surface area contributed by atoms with Crippen LogP contribution in [0.4, 0.5) is 10.9 Å². The lowest BCUT2D eigenvalue weighted by atomic mass is 10.1. The van der Waals surface area contributed by atoms with Crippen LogP contribution in [0.5, 0.6) is 0 Å². The van der Waals surface area contributed by atoms with Gasteiger partial charge in [-0.2, -0.15) is 0 Å². The van der Waals surface area contributed by atoms with E-state index >= 15 is 0 Å². The highest BCUT2D eigenvalue weighted by Gasteiger charge is 2.21. The summed E-state index contributed by atoms with van der Waals surface area (Å²) in [4.78, 5) is 18.9. The number of halogens is 1. The van der Waals surface area contributed by atoms with E-state index in [-0.39, 0.29) is 24.0 Å². The highest BCUT2D eigenvalue weighted by molar-refractivity contribution is 14.0. The number of aromatic nitrogens is 2. The van der Waals surface area contributed by atoms with Crippen molar-refractivity contribution in [2.75, 3.05) is 49.1 Å². The van der Waals surface area contributed by atoms with Crippen molar-refractivity contribution in [3.63, 3.8) is 0 Å². The summed E-state index contributed by atoms with van der Waals surface area (Å²) in [5.74, 6) is 2.00. The molecule has 2 fully saturated rings. The zero-order valence-corrected chi connectivity index (χ0v) is 21.4. The molecule has 2 aromatic rings. The molecule has 0 amide bonds. The second-order valence-electron chi connectivity index (χ2n) is 7.92. The third-order valence-electron chi connectivity index (χ3n) is 5.71. The van der Waals surface area contributed by atoms with Gasteiger partial charge in [-0.15, -0.1) is 35.3 Å². The Morgan fingerprint density at radius 1 is 1.16 bits per heavy atom. The average molecular weight is 556 g/mol. The van der Waals surface area contributed by atoms with Crippen molar-refractivity contribution in [1.29, 1.82) is 0 Å². The van der Waals surface area contributed by atoms with Gasteiger partial charge in [0.15, 0.2) is 11.1 Å². The summed E-state index contributed by atoms with van der Waals surface area (Å²) < 4.78 is 0. The second kappa shape index (κ2) is 12.4. The molecule has 0 atom stereocenters. The van der Waals surface area contributed by atoms with Gasteiger partial charge in [-0.05, 0) is 44.7 Å². The lowest BCUT2D eigenvalue weighted by molar-refractivity contribution is 0.459. The Bertz CT molecular complexity index is 799. The normalized spacial score (nSPS) is 17.5. The maximum Gasteiger partial charge on any atom is 0.191 e. The van der Waals surface area contributed by atoms with E-state index in [9.17, 15) is 0 Å². The minimum absolute atomic E-state index is 0. The summed E-state index contributed by atoms with van der Waals surface area (Å²) in [6.45, 7) is 8.08. The zero-order valence-electron chi connectivity index (χ0n) is 18.3. The van der Waals surface area contributed by atoms with E-state index in [1.807, 2.05) is 12.3 Å². The summed E-state index contributed by atoms with van der Waals surface area (Å²) in [6.07, 6.45) is 7.51. The van der Waals surface area contributed by atoms with E-state index < -0.39 is 0 Å². The van der Waals surface area contributed by atoms with Crippen molar-refractivity contribution < 1.29 is 0 Å². The first-order chi connectivity index (χ1) is 14.8. The Balaban J connectivity index is 0.00000272. The third kappa shape index (κ3) is 6.93. The molecular weight excluding hydrogens is 521 g/mol. The van der Waals surface area contributed by atoms with E-state index in [1.165, 1.54) is 18.0 Å². The van der Waals surface area contributed by atoms with Gasteiger partial charge in [-0.3, -0.25) is 4.99 Å². The number of guanidine groups is 1. The van der Waals surface area contributed by atoms with Crippen molar-refractivity contribution in [3.8, 4) is 0 Å². The SMILES string of the molecule is CCNC(=NCCc1csc(N2CCCC2)n1)NC1CCN(c2ccccn2)CC1.I. The van der Waals surface area contributed by atoms with Gasteiger partial charge < -0.3 is 20.4 Å². The molecule has 4 rings (SSSR count). The first-order valence-electron chi connectivity index (χ1n) is 11.2. The van der Waals surface area contributed by atoms with Crippen LogP contribution >= 0.6 is 35.3 Å². The third-order valence-corrected chi connectivity index (χ3v) is 6.66. The smallest absolute Gasteiger partial charge is 0.191 e. The predicted molar refractivity (Wildman–Crippen MR) is 141 cm³/mol. The molecule has 0 bridgehead atoms. The largest absolute Gasteiger partial charge is 0.357 e. The standard InChI is InChI=1S/C22H33N7S.HI/c1-2-23-21(25-12-8-19-17-30-22(27-19)29-13-5-6-14-29)26-18-9-15-28(16-10-18)20-7-3-4-11-24-20;/h3-4,7,11,17-18H,2,5-6,8-10,12-16H2,1H3,(H2,23,25,26);1H. The lowest BCUT2D eigenvalue weighted by Crippen LogP contribution is -2.49. The van der Waals surface area contributed by atoms with E-state index in [1.54, 1.807) is 11.3 Å². The molecule has 4 heterocycles. The van der Waals surface area contributed by atoms with Gasteiger partial charge in [0, 0.05) is 63.3 Å². The summed E-state index contributed by atoms with van der Waals surface area (Å²) >= 11 is 1.77. The molecule has 0 saturated carbocycles. The molecule has 0 unspecified atom stereocenters. The maximum atomic E-state index is 4.81.